The van der Waals surface area contributed by atoms with E-state index in [1.54, 1.807) is 0 Å². The van der Waals surface area contributed by atoms with Crippen LogP contribution in [-0.2, 0) is 0 Å². The molecule has 1 aliphatic heterocycles. The third-order valence-electron chi connectivity index (χ3n) is 5.39. The van der Waals surface area contributed by atoms with Gasteiger partial charge in [0.15, 0.2) is 0 Å². The number of rotatable bonds is 3. The van der Waals surface area contributed by atoms with E-state index in [9.17, 15) is 5.11 Å². The SMILES string of the molecule is OCC1CCC(N2CCC(c3ccccc3)CC2)CC1. The Kier molecular flexibility index (Phi) is 4.74. The Morgan fingerprint density at radius 3 is 2.15 bits per heavy atom. The van der Waals surface area contributed by atoms with E-state index in [1.807, 2.05) is 0 Å². The molecule has 1 aromatic carbocycles. The molecule has 2 nitrogen and oxygen atoms in total. The smallest absolute Gasteiger partial charge is 0.0459 e. The lowest BCUT2D eigenvalue weighted by atomic mass is 9.83. The minimum Gasteiger partial charge on any atom is -0.396 e. The number of piperidine rings is 1. The third kappa shape index (κ3) is 3.24. The number of likely N-dealkylation sites (tertiary alicyclic amines) is 1. The number of aliphatic hydroxyl groups excluding tert-OH is 1. The molecule has 0 bridgehead atoms. The zero-order valence-electron chi connectivity index (χ0n) is 12.4. The quantitative estimate of drug-likeness (QED) is 0.912. The van der Waals surface area contributed by atoms with Gasteiger partial charge in [-0.25, -0.2) is 0 Å². The summed E-state index contributed by atoms with van der Waals surface area (Å²) < 4.78 is 0. The maximum absolute atomic E-state index is 9.23. The molecule has 2 heteroatoms. The standard InChI is InChI=1S/C18H27NO/c20-14-15-6-8-18(9-7-15)19-12-10-17(11-13-19)16-4-2-1-3-5-16/h1-5,15,17-18,20H,6-14H2. The number of nitrogens with zero attached hydrogens (tertiary/aromatic N) is 1. The van der Waals surface area contributed by atoms with Crippen molar-refractivity contribution in [2.24, 2.45) is 5.92 Å². The molecule has 1 saturated carbocycles. The molecule has 1 saturated heterocycles. The summed E-state index contributed by atoms with van der Waals surface area (Å²) in [5, 5.41) is 9.23. The van der Waals surface area contributed by atoms with E-state index in [4.69, 9.17) is 0 Å². The van der Waals surface area contributed by atoms with E-state index in [0.29, 0.717) is 12.5 Å². The lowest BCUT2D eigenvalue weighted by Gasteiger charge is -2.40. The van der Waals surface area contributed by atoms with Gasteiger partial charge in [0.05, 0.1) is 0 Å². The monoisotopic (exact) mass is 273 g/mol. The molecule has 110 valence electrons. The Morgan fingerprint density at radius 2 is 1.55 bits per heavy atom. The second-order valence-electron chi connectivity index (χ2n) is 6.58. The Balaban J connectivity index is 1.49. The van der Waals surface area contributed by atoms with Crippen molar-refractivity contribution < 1.29 is 5.11 Å². The summed E-state index contributed by atoms with van der Waals surface area (Å²) in [5.74, 6) is 1.34. The van der Waals surface area contributed by atoms with E-state index in [0.717, 1.165) is 12.0 Å². The van der Waals surface area contributed by atoms with Gasteiger partial charge in [0.25, 0.3) is 0 Å². The van der Waals surface area contributed by atoms with E-state index < -0.39 is 0 Å². The number of aliphatic hydroxyl groups is 1. The van der Waals surface area contributed by atoms with Gasteiger partial charge in [0.2, 0.25) is 0 Å². The van der Waals surface area contributed by atoms with Crippen LogP contribution in [0.3, 0.4) is 0 Å². The molecule has 1 aromatic rings. The molecule has 2 fully saturated rings. The largest absolute Gasteiger partial charge is 0.396 e. The fourth-order valence-electron chi connectivity index (χ4n) is 4.02. The average Bonchev–Trinajstić information content (AvgIpc) is 2.56. The molecule has 1 heterocycles. The van der Waals surface area contributed by atoms with Crippen molar-refractivity contribution in [3.63, 3.8) is 0 Å². The molecular weight excluding hydrogens is 246 g/mol. The molecule has 0 atom stereocenters. The summed E-state index contributed by atoms with van der Waals surface area (Å²) in [6.07, 6.45) is 7.65. The molecule has 1 aliphatic carbocycles. The van der Waals surface area contributed by atoms with E-state index >= 15 is 0 Å². The molecule has 0 spiro atoms. The predicted octanol–water partition coefficient (Wildman–Crippen LogP) is 3.42. The topological polar surface area (TPSA) is 23.5 Å². The summed E-state index contributed by atoms with van der Waals surface area (Å²) in [6.45, 7) is 2.91. The summed E-state index contributed by atoms with van der Waals surface area (Å²) in [7, 11) is 0. The van der Waals surface area contributed by atoms with Crippen molar-refractivity contribution in [3.05, 3.63) is 35.9 Å². The Morgan fingerprint density at radius 1 is 0.900 bits per heavy atom. The van der Waals surface area contributed by atoms with Crippen LogP contribution in [0.2, 0.25) is 0 Å². The third-order valence-corrected chi connectivity index (χ3v) is 5.39. The molecule has 1 N–H and O–H groups in total. The van der Waals surface area contributed by atoms with Gasteiger partial charge in [0, 0.05) is 12.6 Å². The first-order chi connectivity index (χ1) is 9.86. The van der Waals surface area contributed by atoms with Gasteiger partial charge in [0.1, 0.15) is 0 Å². The number of benzene rings is 1. The Bertz CT molecular complexity index is 389. The van der Waals surface area contributed by atoms with E-state index in [-0.39, 0.29) is 0 Å². The summed E-state index contributed by atoms with van der Waals surface area (Å²) in [6, 6.07) is 11.8. The molecule has 3 rings (SSSR count). The molecule has 20 heavy (non-hydrogen) atoms. The molecule has 0 unspecified atom stereocenters. The first-order valence-corrected chi connectivity index (χ1v) is 8.26. The first-order valence-electron chi connectivity index (χ1n) is 8.26. The van der Waals surface area contributed by atoms with E-state index in [1.165, 1.54) is 57.2 Å². The summed E-state index contributed by atoms with van der Waals surface area (Å²) >= 11 is 0. The van der Waals surface area contributed by atoms with Gasteiger partial charge in [-0.05, 0) is 69.0 Å². The van der Waals surface area contributed by atoms with Gasteiger partial charge < -0.3 is 10.0 Å². The highest BCUT2D eigenvalue weighted by atomic mass is 16.3. The second-order valence-corrected chi connectivity index (χ2v) is 6.58. The van der Waals surface area contributed by atoms with Crippen LogP contribution in [0.5, 0.6) is 0 Å². The minimum absolute atomic E-state index is 0.392. The van der Waals surface area contributed by atoms with Crippen molar-refractivity contribution in [1.29, 1.82) is 0 Å². The minimum atomic E-state index is 0.392. The van der Waals surface area contributed by atoms with Crippen LogP contribution in [0.15, 0.2) is 30.3 Å². The van der Waals surface area contributed by atoms with Crippen LogP contribution < -0.4 is 0 Å². The number of hydrogen-bond acceptors (Lipinski definition) is 2. The first kappa shape index (κ1) is 14.1. The lowest BCUT2D eigenvalue weighted by molar-refractivity contribution is 0.0907. The van der Waals surface area contributed by atoms with Gasteiger partial charge in [-0.3, -0.25) is 0 Å². The van der Waals surface area contributed by atoms with Crippen LogP contribution in [-0.4, -0.2) is 35.7 Å². The van der Waals surface area contributed by atoms with E-state index in [2.05, 4.69) is 35.2 Å². The fraction of sp³-hybridized carbons (Fsp3) is 0.667. The van der Waals surface area contributed by atoms with Crippen molar-refractivity contribution in [2.75, 3.05) is 19.7 Å². The van der Waals surface area contributed by atoms with Crippen molar-refractivity contribution in [3.8, 4) is 0 Å². The summed E-state index contributed by atoms with van der Waals surface area (Å²) in [4.78, 5) is 2.72. The zero-order valence-corrected chi connectivity index (χ0v) is 12.4. The zero-order chi connectivity index (χ0) is 13.8. The number of hydrogen-bond donors (Lipinski definition) is 1. The molecule has 0 radical (unpaired) electrons. The maximum atomic E-state index is 9.23. The van der Waals surface area contributed by atoms with Crippen LogP contribution in [0, 0.1) is 5.92 Å². The predicted molar refractivity (Wildman–Crippen MR) is 82.8 cm³/mol. The molecule has 0 amide bonds. The van der Waals surface area contributed by atoms with Crippen LogP contribution in [0.25, 0.3) is 0 Å². The van der Waals surface area contributed by atoms with Crippen molar-refractivity contribution in [1.82, 2.24) is 4.90 Å². The second kappa shape index (κ2) is 6.73. The van der Waals surface area contributed by atoms with Gasteiger partial charge in [-0.15, -0.1) is 0 Å². The van der Waals surface area contributed by atoms with Gasteiger partial charge in [-0.1, -0.05) is 30.3 Å². The van der Waals surface area contributed by atoms with Crippen molar-refractivity contribution in [2.45, 2.75) is 50.5 Å². The maximum Gasteiger partial charge on any atom is 0.0459 e. The molecule has 2 aliphatic rings. The Hall–Kier alpha value is -0.860. The lowest BCUT2D eigenvalue weighted by Crippen LogP contribution is -2.43. The molecule has 0 aromatic heterocycles. The summed E-state index contributed by atoms with van der Waals surface area (Å²) in [5.41, 5.74) is 1.52. The highest BCUT2D eigenvalue weighted by Gasteiger charge is 2.28. The highest BCUT2D eigenvalue weighted by molar-refractivity contribution is 5.20. The molecular formula is C18H27NO. The van der Waals surface area contributed by atoms with Crippen LogP contribution in [0.4, 0.5) is 0 Å². The van der Waals surface area contributed by atoms with Crippen molar-refractivity contribution >= 4 is 0 Å². The van der Waals surface area contributed by atoms with Crippen LogP contribution >= 0.6 is 0 Å². The Labute approximate surface area is 122 Å². The fourth-order valence-corrected chi connectivity index (χ4v) is 4.02. The highest BCUT2D eigenvalue weighted by Crippen LogP contribution is 2.33. The van der Waals surface area contributed by atoms with Gasteiger partial charge >= 0.3 is 0 Å². The van der Waals surface area contributed by atoms with Gasteiger partial charge in [-0.2, -0.15) is 0 Å². The normalized spacial score (nSPS) is 29.4. The average molecular weight is 273 g/mol. The van der Waals surface area contributed by atoms with Crippen LogP contribution in [0.1, 0.15) is 50.0 Å².